The van der Waals surface area contributed by atoms with Crippen molar-refractivity contribution in [2.75, 3.05) is 25.7 Å². The molecule has 0 radical (unpaired) electrons. The summed E-state index contributed by atoms with van der Waals surface area (Å²) in [5.41, 5.74) is 1.22. The van der Waals surface area contributed by atoms with Crippen LogP contribution in [0.15, 0.2) is 48.5 Å². The molecule has 0 unspecified atom stereocenters. The normalized spacial score (nSPS) is 16.6. The maximum absolute atomic E-state index is 12.6. The van der Waals surface area contributed by atoms with Gasteiger partial charge >= 0.3 is 0 Å². The van der Waals surface area contributed by atoms with Crippen LogP contribution in [-0.2, 0) is 4.79 Å². The number of hydrogen-bond acceptors (Lipinski definition) is 4. The predicted molar refractivity (Wildman–Crippen MR) is 94.2 cm³/mol. The number of anilines is 1. The van der Waals surface area contributed by atoms with Crippen molar-refractivity contribution in [3.8, 4) is 11.5 Å². The molecule has 0 bridgehead atoms. The summed E-state index contributed by atoms with van der Waals surface area (Å²) in [4.78, 5) is 26.6. The first-order valence-electron chi connectivity index (χ1n) is 8.01. The summed E-state index contributed by atoms with van der Waals surface area (Å²) in [7, 11) is 3.01. The molecule has 1 N–H and O–H groups in total. The summed E-state index contributed by atoms with van der Waals surface area (Å²) in [5.74, 6) is 0.577. The number of rotatable bonds is 5. The zero-order chi connectivity index (χ0) is 17.8. The monoisotopic (exact) mass is 340 g/mol. The number of hydrogen-bond donors (Lipinski definition) is 1. The number of nitrogens with zero attached hydrogens (tertiary/aromatic N) is 1. The Hall–Kier alpha value is -3.02. The maximum Gasteiger partial charge on any atom is 0.255 e. The Morgan fingerprint density at radius 2 is 1.84 bits per heavy atom. The van der Waals surface area contributed by atoms with E-state index in [1.165, 1.54) is 14.2 Å². The molecule has 130 valence electrons. The fourth-order valence-electron chi connectivity index (χ4n) is 2.99. The molecule has 1 aliphatic heterocycles. The Balaban J connectivity index is 1.74. The lowest BCUT2D eigenvalue weighted by Crippen LogP contribution is -2.37. The maximum atomic E-state index is 12.6. The lowest BCUT2D eigenvalue weighted by Gasteiger charge is -2.18. The first-order valence-corrected chi connectivity index (χ1v) is 8.01. The van der Waals surface area contributed by atoms with E-state index in [0.29, 0.717) is 23.6 Å². The molecule has 3 rings (SSSR count). The standard InChI is InChI=1S/C19H20N2O4/c1-24-16-10-6-9-15(18(16)25-2)19(23)20-13-11-17(22)21(12-13)14-7-4-3-5-8-14/h3-10,13H,11-12H2,1-2H3,(H,20,23)/t13-/m1/s1. The van der Waals surface area contributed by atoms with Crippen molar-refractivity contribution in [2.24, 2.45) is 0 Å². The van der Waals surface area contributed by atoms with Crippen LogP contribution in [0, 0.1) is 0 Å². The van der Waals surface area contributed by atoms with Crippen molar-refractivity contribution in [3.63, 3.8) is 0 Å². The number of ether oxygens (including phenoxy) is 2. The fraction of sp³-hybridized carbons (Fsp3) is 0.263. The van der Waals surface area contributed by atoms with Gasteiger partial charge in [0.2, 0.25) is 5.91 Å². The van der Waals surface area contributed by atoms with Crippen LogP contribution in [-0.4, -0.2) is 38.6 Å². The van der Waals surface area contributed by atoms with Gasteiger partial charge in [0, 0.05) is 18.7 Å². The highest BCUT2D eigenvalue weighted by molar-refractivity contribution is 6.00. The van der Waals surface area contributed by atoms with Crippen LogP contribution in [0.2, 0.25) is 0 Å². The van der Waals surface area contributed by atoms with Crippen LogP contribution in [0.3, 0.4) is 0 Å². The van der Waals surface area contributed by atoms with Gasteiger partial charge in [0.15, 0.2) is 11.5 Å². The van der Waals surface area contributed by atoms with Gasteiger partial charge < -0.3 is 19.7 Å². The molecule has 2 aromatic carbocycles. The van der Waals surface area contributed by atoms with Gasteiger partial charge in [-0.25, -0.2) is 0 Å². The number of methoxy groups -OCH3 is 2. The van der Waals surface area contributed by atoms with Crippen molar-refractivity contribution in [2.45, 2.75) is 12.5 Å². The van der Waals surface area contributed by atoms with Gasteiger partial charge in [0.1, 0.15) is 0 Å². The molecule has 6 heteroatoms. The van der Waals surface area contributed by atoms with Crippen LogP contribution in [0.25, 0.3) is 0 Å². The van der Waals surface area contributed by atoms with Crippen LogP contribution in [0.4, 0.5) is 5.69 Å². The highest BCUT2D eigenvalue weighted by Gasteiger charge is 2.32. The molecule has 1 aliphatic rings. The van der Waals surface area contributed by atoms with Gasteiger partial charge in [0.05, 0.1) is 25.8 Å². The molecule has 2 aromatic rings. The zero-order valence-corrected chi connectivity index (χ0v) is 14.2. The first-order chi connectivity index (χ1) is 12.1. The van der Waals surface area contributed by atoms with Gasteiger partial charge in [-0.1, -0.05) is 24.3 Å². The third-order valence-electron chi connectivity index (χ3n) is 4.18. The number of benzene rings is 2. The molecular weight excluding hydrogens is 320 g/mol. The fourth-order valence-corrected chi connectivity index (χ4v) is 2.99. The molecule has 0 aliphatic carbocycles. The SMILES string of the molecule is COc1cccc(C(=O)N[C@@H]2CC(=O)N(c3ccccc3)C2)c1OC. The molecule has 1 fully saturated rings. The Morgan fingerprint density at radius 3 is 2.52 bits per heavy atom. The van der Waals surface area contributed by atoms with Gasteiger partial charge in [0.25, 0.3) is 5.91 Å². The van der Waals surface area contributed by atoms with Crippen molar-refractivity contribution in [1.82, 2.24) is 5.32 Å². The number of para-hydroxylation sites is 2. The van der Waals surface area contributed by atoms with Crippen molar-refractivity contribution < 1.29 is 19.1 Å². The molecule has 25 heavy (non-hydrogen) atoms. The van der Waals surface area contributed by atoms with E-state index in [9.17, 15) is 9.59 Å². The largest absolute Gasteiger partial charge is 0.493 e. The van der Waals surface area contributed by atoms with E-state index in [1.54, 1.807) is 23.1 Å². The molecule has 2 amide bonds. The summed E-state index contributed by atoms with van der Waals surface area (Å²) in [6, 6.07) is 14.3. The summed E-state index contributed by atoms with van der Waals surface area (Å²) in [5, 5.41) is 2.91. The minimum absolute atomic E-state index is 0.00546. The van der Waals surface area contributed by atoms with Crippen molar-refractivity contribution in [3.05, 3.63) is 54.1 Å². The molecule has 0 spiro atoms. The second kappa shape index (κ2) is 7.25. The molecule has 1 saturated heterocycles. The van der Waals surface area contributed by atoms with Gasteiger partial charge in [-0.15, -0.1) is 0 Å². The average Bonchev–Trinajstić information content (AvgIpc) is 3.01. The molecule has 0 aromatic heterocycles. The Kier molecular flexibility index (Phi) is 4.88. The smallest absolute Gasteiger partial charge is 0.255 e. The summed E-state index contributed by atoms with van der Waals surface area (Å²) >= 11 is 0. The lowest BCUT2D eigenvalue weighted by atomic mass is 10.1. The summed E-state index contributed by atoms with van der Waals surface area (Å²) in [6.45, 7) is 0.445. The van der Waals surface area contributed by atoms with Crippen molar-refractivity contribution in [1.29, 1.82) is 0 Å². The number of carbonyl (C=O) groups excluding carboxylic acids is 2. The molecule has 1 heterocycles. The Morgan fingerprint density at radius 1 is 1.08 bits per heavy atom. The van der Waals surface area contributed by atoms with E-state index < -0.39 is 0 Å². The summed E-state index contributed by atoms with van der Waals surface area (Å²) in [6.07, 6.45) is 0.271. The number of amides is 2. The third kappa shape index (κ3) is 3.42. The van der Waals surface area contributed by atoms with Crippen molar-refractivity contribution >= 4 is 17.5 Å². The molecule has 0 saturated carbocycles. The van der Waals surface area contributed by atoms with Gasteiger partial charge in [-0.2, -0.15) is 0 Å². The second-order valence-electron chi connectivity index (χ2n) is 5.76. The van der Waals surface area contributed by atoms with E-state index in [2.05, 4.69) is 5.32 Å². The van der Waals surface area contributed by atoms with Crippen LogP contribution >= 0.6 is 0 Å². The Labute approximate surface area is 146 Å². The quantitative estimate of drug-likeness (QED) is 0.906. The van der Waals surface area contributed by atoms with E-state index in [0.717, 1.165) is 5.69 Å². The number of carbonyl (C=O) groups is 2. The minimum atomic E-state index is -0.288. The third-order valence-corrected chi connectivity index (χ3v) is 4.18. The lowest BCUT2D eigenvalue weighted by molar-refractivity contribution is -0.117. The number of nitrogens with one attached hydrogen (secondary N) is 1. The van der Waals surface area contributed by atoms with E-state index in [1.807, 2.05) is 30.3 Å². The van der Waals surface area contributed by atoms with E-state index >= 15 is 0 Å². The highest BCUT2D eigenvalue weighted by atomic mass is 16.5. The molecular formula is C19H20N2O4. The van der Waals surface area contributed by atoms with Crippen LogP contribution in [0.1, 0.15) is 16.8 Å². The van der Waals surface area contributed by atoms with Gasteiger partial charge in [-0.3, -0.25) is 9.59 Å². The second-order valence-corrected chi connectivity index (χ2v) is 5.76. The predicted octanol–water partition coefficient (Wildman–Crippen LogP) is 2.24. The molecule has 1 atom stereocenters. The minimum Gasteiger partial charge on any atom is -0.493 e. The average molecular weight is 340 g/mol. The highest BCUT2D eigenvalue weighted by Crippen LogP contribution is 2.31. The van der Waals surface area contributed by atoms with E-state index in [-0.39, 0.29) is 24.3 Å². The zero-order valence-electron chi connectivity index (χ0n) is 14.2. The van der Waals surface area contributed by atoms with Crippen LogP contribution in [0.5, 0.6) is 11.5 Å². The van der Waals surface area contributed by atoms with Gasteiger partial charge in [-0.05, 0) is 24.3 Å². The summed E-state index contributed by atoms with van der Waals surface area (Å²) < 4.78 is 10.5. The van der Waals surface area contributed by atoms with E-state index in [4.69, 9.17) is 9.47 Å². The molecule has 6 nitrogen and oxygen atoms in total. The Bertz CT molecular complexity index is 776. The first kappa shape index (κ1) is 16.8. The topological polar surface area (TPSA) is 67.9 Å². The van der Waals surface area contributed by atoms with Crippen LogP contribution < -0.4 is 19.7 Å².